The molecule has 0 aliphatic carbocycles. The molecule has 0 saturated carbocycles. The third-order valence-corrected chi connectivity index (χ3v) is 5.93. The molecule has 0 aliphatic heterocycles. The van der Waals surface area contributed by atoms with Crippen LogP contribution in [0.5, 0.6) is 0 Å². The van der Waals surface area contributed by atoms with Crippen LogP contribution in [0.25, 0.3) is 22.5 Å². The largest absolute Gasteiger partial charge is 0.269 e. The van der Waals surface area contributed by atoms with Crippen molar-refractivity contribution in [2.75, 3.05) is 0 Å². The topological polar surface area (TPSA) is 137 Å². The van der Waals surface area contributed by atoms with Gasteiger partial charge in [-0.2, -0.15) is 0 Å². The molecule has 1 heterocycles. The molecule has 0 radical (unpaired) electrons. The second kappa shape index (κ2) is 11.7. The second-order valence-electron chi connectivity index (χ2n) is 8.60. The summed E-state index contributed by atoms with van der Waals surface area (Å²) >= 11 is 0. The average molecular weight is 529 g/mol. The Morgan fingerprint density at radius 1 is 0.550 bits per heavy atom. The Bertz CT molecular complexity index is 1590. The van der Waals surface area contributed by atoms with Crippen molar-refractivity contribution in [2.24, 2.45) is 9.98 Å². The highest BCUT2D eigenvalue weighted by Crippen LogP contribution is 2.26. The van der Waals surface area contributed by atoms with Crippen LogP contribution in [0, 0.1) is 20.2 Å². The summed E-state index contributed by atoms with van der Waals surface area (Å²) in [5, 5.41) is 21.6. The molecular weight excluding hydrogens is 508 g/mol. The van der Waals surface area contributed by atoms with E-state index in [1.165, 1.54) is 30.6 Å². The van der Waals surface area contributed by atoms with E-state index in [2.05, 4.69) is 20.0 Å². The Morgan fingerprint density at radius 2 is 0.925 bits per heavy atom. The first-order valence-corrected chi connectivity index (χ1v) is 12.0. The predicted octanol–water partition coefficient (Wildman–Crippen LogP) is 7.13. The Hall–Kier alpha value is -5.90. The van der Waals surface area contributed by atoms with Crippen molar-refractivity contribution >= 4 is 35.2 Å². The molecule has 10 nitrogen and oxygen atoms in total. The Balaban J connectivity index is 1.26. The smallest absolute Gasteiger partial charge is 0.258 e. The van der Waals surface area contributed by atoms with Crippen molar-refractivity contribution in [3.63, 3.8) is 0 Å². The fraction of sp³-hybridized carbons (Fsp3) is 0. The van der Waals surface area contributed by atoms with Crippen molar-refractivity contribution in [1.82, 2.24) is 9.97 Å². The molecule has 0 saturated heterocycles. The highest BCUT2D eigenvalue weighted by molar-refractivity contribution is 5.83. The van der Waals surface area contributed by atoms with Gasteiger partial charge >= 0.3 is 0 Å². The molecule has 5 rings (SSSR count). The van der Waals surface area contributed by atoms with Gasteiger partial charge in [-0.1, -0.05) is 24.3 Å². The third kappa shape index (κ3) is 6.32. The first-order chi connectivity index (χ1) is 19.4. The summed E-state index contributed by atoms with van der Waals surface area (Å²) in [6.45, 7) is 0. The fourth-order valence-corrected chi connectivity index (χ4v) is 3.77. The van der Waals surface area contributed by atoms with Crippen LogP contribution in [0.2, 0.25) is 0 Å². The van der Waals surface area contributed by atoms with E-state index in [0.29, 0.717) is 0 Å². The first-order valence-electron chi connectivity index (χ1n) is 12.0. The molecule has 0 aliphatic rings. The van der Waals surface area contributed by atoms with E-state index in [1.54, 1.807) is 36.7 Å². The average Bonchev–Trinajstić information content (AvgIpc) is 3.00. The fourth-order valence-electron chi connectivity index (χ4n) is 3.77. The normalized spacial score (nSPS) is 11.2. The van der Waals surface area contributed by atoms with E-state index >= 15 is 0 Å². The van der Waals surface area contributed by atoms with E-state index in [1.807, 2.05) is 54.6 Å². The van der Waals surface area contributed by atoms with Crippen molar-refractivity contribution in [3.8, 4) is 22.5 Å². The molecule has 194 valence electrons. The number of rotatable bonds is 8. The number of non-ortho nitro benzene ring substituents is 2. The van der Waals surface area contributed by atoms with Crippen LogP contribution in [0.15, 0.2) is 119 Å². The summed E-state index contributed by atoms with van der Waals surface area (Å²) in [5.74, 6) is 0. The van der Waals surface area contributed by atoms with Gasteiger partial charge in [-0.3, -0.25) is 30.2 Å². The Morgan fingerprint density at radius 3 is 1.27 bits per heavy atom. The summed E-state index contributed by atoms with van der Waals surface area (Å²) in [6.07, 6.45) is 4.83. The van der Waals surface area contributed by atoms with Gasteiger partial charge < -0.3 is 0 Å². The lowest BCUT2D eigenvalue weighted by Crippen LogP contribution is -1.89. The van der Waals surface area contributed by atoms with E-state index in [0.717, 1.165) is 45.0 Å². The summed E-state index contributed by atoms with van der Waals surface area (Å²) < 4.78 is 0. The Kier molecular flexibility index (Phi) is 7.50. The predicted molar refractivity (Wildman–Crippen MR) is 154 cm³/mol. The van der Waals surface area contributed by atoms with E-state index < -0.39 is 9.85 Å². The maximum Gasteiger partial charge on any atom is 0.269 e. The molecule has 0 fully saturated rings. The van der Waals surface area contributed by atoms with Crippen molar-refractivity contribution < 1.29 is 9.85 Å². The number of aliphatic imine (C=N–C) groups is 2. The van der Waals surface area contributed by atoms with Crippen molar-refractivity contribution in [2.45, 2.75) is 0 Å². The van der Waals surface area contributed by atoms with Gasteiger partial charge in [0, 0.05) is 47.8 Å². The standard InChI is InChI=1S/C30H20N6O4/c37-35(38)27-13-1-21(2-14-27)18-31-25-9-5-23(6-10-25)29-17-30(34-20-33-29)24-7-11-26(12-8-24)32-19-22-3-15-28(16-4-22)36(39)40/h1-20H. The minimum Gasteiger partial charge on any atom is -0.258 e. The Labute approximate surface area is 228 Å². The maximum atomic E-state index is 10.8. The molecule has 0 amide bonds. The number of aromatic nitrogens is 2. The van der Waals surface area contributed by atoms with Gasteiger partial charge in [-0.05, 0) is 65.7 Å². The van der Waals surface area contributed by atoms with Gasteiger partial charge in [0.2, 0.25) is 0 Å². The molecule has 1 aromatic heterocycles. The van der Waals surface area contributed by atoms with Crippen LogP contribution < -0.4 is 0 Å². The lowest BCUT2D eigenvalue weighted by Gasteiger charge is -2.05. The zero-order chi connectivity index (χ0) is 27.9. The number of hydrogen-bond donors (Lipinski definition) is 0. The van der Waals surface area contributed by atoms with Gasteiger partial charge in [-0.15, -0.1) is 0 Å². The maximum absolute atomic E-state index is 10.8. The highest BCUT2D eigenvalue weighted by atomic mass is 16.6. The molecular formula is C30H20N6O4. The van der Waals surface area contributed by atoms with E-state index in [-0.39, 0.29) is 11.4 Å². The second-order valence-corrected chi connectivity index (χ2v) is 8.60. The van der Waals surface area contributed by atoms with E-state index in [9.17, 15) is 20.2 Å². The molecule has 0 bridgehead atoms. The van der Waals surface area contributed by atoms with E-state index in [4.69, 9.17) is 0 Å². The summed E-state index contributed by atoms with van der Waals surface area (Å²) in [4.78, 5) is 38.4. The van der Waals surface area contributed by atoms with Gasteiger partial charge in [0.1, 0.15) is 6.33 Å². The molecule has 4 aromatic carbocycles. The summed E-state index contributed by atoms with van der Waals surface area (Å²) in [7, 11) is 0. The van der Waals surface area contributed by atoms with Crippen LogP contribution in [0.4, 0.5) is 22.7 Å². The molecule has 40 heavy (non-hydrogen) atoms. The summed E-state index contributed by atoms with van der Waals surface area (Å²) in [5.41, 5.74) is 6.40. The zero-order valence-corrected chi connectivity index (χ0v) is 20.9. The van der Waals surface area contributed by atoms with Crippen molar-refractivity contribution in [1.29, 1.82) is 0 Å². The summed E-state index contributed by atoms with van der Waals surface area (Å²) in [6, 6.07) is 29.5. The minimum atomic E-state index is -0.436. The highest BCUT2D eigenvalue weighted by Gasteiger charge is 2.06. The first kappa shape index (κ1) is 25.7. The third-order valence-electron chi connectivity index (χ3n) is 5.93. The molecule has 0 atom stereocenters. The van der Waals surface area contributed by atoms with Crippen LogP contribution in [-0.4, -0.2) is 32.2 Å². The van der Waals surface area contributed by atoms with Crippen molar-refractivity contribution in [3.05, 3.63) is 141 Å². The number of nitrogens with zero attached hydrogens (tertiary/aromatic N) is 6. The zero-order valence-electron chi connectivity index (χ0n) is 20.9. The van der Waals surface area contributed by atoms with Gasteiger partial charge in [0.05, 0.1) is 32.6 Å². The molecule has 5 aromatic rings. The number of nitro benzene ring substituents is 2. The van der Waals surface area contributed by atoms with Gasteiger partial charge in [0.15, 0.2) is 0 Å². The minimum absolute atomic E-state index is 0.0369. The van der Waals surface area contributed by atoms with Crippen LogP contribution in [-0.2, 0) is 0 Å². The SMILES string of the molecule is O=[N+]([O-])c1ccc(C=Nc2ccc(-c3cc(-c4ccc(N=Cc5ccc([N+](=O)[O-])cc5)cc4)ncn3)cc2)cc1. The van der Waals surface area contributed by atoms with Crippen LogP contribution >= 0.6 is 0 Å². The molecule has 0 unspecified atom stereocenters. The van der Waals surface area contributed by atoms with Gasteiger partial charge in [-0.25, -0.2) is 9.97 Å². The monoisotopic (exact) mass is 528 g/mol. The van der Waals surface area contributed by atoms with Gasteiger partial charge in [0.25, 0.3) is 11.4 Å². The molecule has 10 heteroatoms. The quantitative estimate of drug-likeness (QED) is 0.119. The number of hydrogen-bond acceptors (Lipinski definition) is 8. The van der Waals surface area contributed by atoms with Crippen LogP contribution in [0.3, 0.4) is 0 Å². The number of nitro groups is 2. The lowest BCUT2D eigenvalue weighted by molar-refractivity contribution is -0.385. The lowest BCUT2D eigenvalue weighted by atomic mass is 10.1. The van der Waals surface area contributed by atoms with Crippen LogP contribution in [0.1, 0.15) is 11.1 Å². The molecule has 0 N–H and O–H groups in total. The molecule has 0 spiro atoms. The number of benzene rings is 4.